The van der Waals surface area contributed by atoms with Gasteiger partial charge in [0.15, 0.2) is 17.3 Å². The van der Waals surface area contributed by atoms with E-state index in [4.69, 9.17) is 33.7 Å². The highest BCUT2D eigenvalue weighted by atomic mass is 35.5. The fraction of sp³-hybridized carbons (Fsp3) is 0.333. The van der Waals surface area contributed by atoms with Gasteiger partial charge in [0.25, 0.3) is 11.8 Å². The van der Waals surface area contributed by atoms with Crippen molar-refractivity contribution < 1.29 is 18.7 Å². The van der Waals surface area contributed by atoms with Gasteiger partial charge in [-0.15, -0.1) is 10.2 Å². The van der Waals surface area contributed by atoms with Crippen LogP contribution in [-0.2, 0) is 6.42 Å². The monoisotopic (exact) mass is 572 g/mol. The Morgan fingerprint density at radius 1 is 1.05 bits per heavy atom. The molecule has 0 bridgehead atoms. The molecule has 0 unspecified atom stereocenters. The van der Waals surface area contributed by atoms with Gasteiger partial charge in [-0.3, -0.25) is 14.5 Å². The number of carbonyl (C=O) groups is 2. The Hall–Kier alpha value is -3.47. The third kappa shape index (κ3) is 6.41. The summed E-state index contributed by atoms with van der Waals surface area (Å²) < 4.78 is 19.4. The van der Waals surface area contributed by atoms with Crippen LogP contribution in [0.25, 0.3) is 0 Å². The van der Waals surface area contributed by atoms with Crippen LogP contribution in [0, 0.1) is 5.82 Å². The first-order chi connectivity index (χ1) is 18.8. The number of halogens is 3. The Morgan fingerprint density at radius 2 is 1.77 bits per heavy atom. The van der Waals surface area contributed by atoms with E-state index in [1.54, 1.807) is 24.3 Å². The van der Waals surface area contributed by atoms with Crippen molar-refractivity contribution in [2.45, 2.75) is 25.3 Å². The number of anilines is 2. The number of ether oxygens (including phenoxy) is 1. The zero-order valence-electron chi connectivity index (χ0n) is 21.0. The van der Waals surface area contributed by atoms with Crippen LogP contribution >= 0.6 is 23.2 Å². The number of carbonyl (C=O) groups excluding carboxylic acids is 2. The van der Waals surface area contributed by atoms with E-state index >= 15 is 0 Å². The molecule has 39 heavy (non-hydrogen) atoms. The molecule has 1 aliphatic carbocycles. The number of nitrogens with zero attached hydrogens (tertiary/aromatic N) is 4. The molecular weight excluding hydrogens is 546 g/mol. The molecule has 1 aliphatic heterocycles. The molecule has 2 heterocycles. The van der Waals surface area contributed by atoms with E-state index < -0.39 is 11.7 Å². The maximum absolute atomic E-state index is 13.7. The number of aromatic nitrogens is 2. The highest BCUT2D eigenvalue weighted by molar-refractivity contribution is 6.36. The maximum atomic E-state index is 13.7. The summed E-state index contributed by atoms with van der Waals surface area (Å²) in [5.74, 6) is -0.997. The second kappa shape index (κ2) is 11.7. The zero-order valence-corrected chi connectivity index (χ0v) is 22.5. The first-order valence-corrected chi connectivity index (χ1v) is 13.4. The van der Waals surface area contributed by atoms with Crippen LogP contribution in [0.1, 0.15) is 39.3 Å². The molecule has 2 amide bonds. The molecule has 1 aromatic heterocycles. The van der Waals surface area contributed by atoms with Gasteiger partial charge in [0.2, 0.25) is 0 Å². The number of nitrogens with one attached hydrogen (secondary N) is 1. The van der Waals surface area contributed by atoms with Crippen LogP contribution in [-0.4, -0.2) is 70.6 Å². The fourth-order valence-electron chi connectivity index (χ4n) is 4.48. The first kappa shape index (κ1) is 27.1. The van der Waals surface area contributed by atoms with Crippen LogP contribution in [0.15, 0.2) is 42.5 Å². The number of rotatable bonds is 8. The van der Waals surface area contributed by atoms with Crippen LogP contribution in [0.4, 0.5) is 15.9 Å². The van der Waals surface area contributed by atoms with Crippen molar-refractivity contribution >= 4 is 46.5 Å². The van der Waals surface area contributed by atoms with E-state index in [-0.39, 0.29) is 41.2 Å². The molecule has 204 valence electrons. The SMILES string of the molecule is Nc1nnc(C(=O)Nc2ccc(C(=O)N3CCN(C4CC4)CC3)cc2)cc1OCCc1c(Cl)ccc(F)c1Cl. The molecule has 1 saturated heterocycles. The Kier molecular flexibility index (Phi) is 8.15. The van der Waals surface area contributed by atoms with E-state index in [0.29, 0.717) is 27.9 Å². The Bertz CT molecular complexity index is 1380. The molecule has 0 atom stereocenters. The molecule has 3 aromatic rings. The van der Waals surface area contributed by atoms with E-state index in [1.807, 2.05) is 4.90 Å². The summed E-state index contributed by atoms with van der Waals surface area (Å²) >= 11 is 12.1. The summed E-state index contributed by atoms with van der Waals surface area (Å²) in [6.45, 7) is 3.31. The normalized spacial score (nSPS) is 15.7. The zero-order chi connectivity index (χ0) is 27.5. The summed E-state index contributed by atoms with van der Waals surface area (Å²) in [4.78, 5) is 30.0. The van der Waals surface area contributed by atoms with Crippen LogP contribution in [0.5, 0.6) is 5.75 Å². The number of hydrogen-bond donors (Lipinski definition) is 2. The lowest BCUT2D eigenvalue weighted by atomic mass is 10.1. The van der Waals surface area contributed by atoms with E-state index in [1.165, 1.54) is 31.0 Å². The molecule has 2 fully saturated rings. The number of benzene rings is 2. The van der Waals surface area contributed by atoms with Gasteiger partial charge in [0.1, 0.15) is 5.82 Å². The van der Waals surface area contributed by atoms with Crippen molar-refractivity contribution in [1.82, 2.24) is 20.0 Å². The fourth-order valence-corrected chi connectivity index (χ4v) is 5.04. The third-order valence-corrected chi connectivity index (χ3v) is 7.58. The predicted octanol–water partition coefficient (Wildman–Crippen LogP) is 4.30. The van der Waals surface area contributed by atoms with E-state index in [0.717, 1.165) is 26.2 Å². The maximum Gasteiger partial charge on any atom is 0.276 e. The average molecular weight is 573 g/mol. The third-order valence-electron chi connectivity index (χ3n) is 6.82. The molecule has 0 radical (unpaired) electrons. The minimum atomic E-state index is -0.579. The van der Waals surface area contributed by atoms with Gasteiger partial charge >= 0.3 is 0 Å². The molecule has 2 aromatic carbocycles. The molecule has 2 aliphatic rings. The van der Waals surface area contributed by atoms with Gasteiger partial charge in [-0.05, 0) is 54.8 Å². The molecular formula is C27H27Cl2FN6O3. The predicted molar refractivity (Wildman–Crippen MR) is 147 cm³/mol. The number of hydrogen-bond acceptors (Lipinski definition) is 7. The van der Waals surface area contributed by atoms with Crippen molar-refractivity contribution in [2.24, 2.45) is 0 Å². The summed E-state index contributed by atoms with van der Waals surface area (Å²) in [6.07, 6.45) is 2.73. The quantitative estimate of drug-likeness (QED) is 0.387. The van der Waals surface area contributed by atoms with Gasteiger partial charge in [-0.25, -0.2) is 4.39 Å². The molecule has 3 N–H and O–H groups in total. The van der Waals surface area contributed by atoms with Crippen molar-refractivity contribution in [3.63, 3.8) is 0 Å². The standard InChI is InChI=1S/C27H27Cl2FN6O3/c28-20-7-8-21(30)24(29)19(20)9-14-39-23-15-22(33-34-25(23)31)26(37)32-17-3-1-16(2-4-17)27(38)36-12-10-35(11-13-36)18-5-6-18/h1-4,7-8,15,18H,5-6,9-14H2,(H2,31,34)(H,32,37). The molecule has 12 heteroatoms. The lowest BCUT2D eigenvalue weighted by Crippen LogP contribution is -2.49. The summed E-state index contributed by atoms with van der Waals surface area (Å²) in [6, 6.07) is 11.4. The summed E-state index contributed by atoms with van der Waals surface area (Å²) in [7, 11) is 0. The van der Waals surface area contributed by atoms with Crippen molar-refractivity contribution in [1.29, 1.82) is 0 Å². The van der Waals surface area contributed by atoms with Gasteiger partial charge in [-0.1, -0.05) is 23.2 Å². The number of nitrogens with two attached hydrogens (primary N) is 1. The highest BCUT2D eigenvalue weighted by Gasteiger charge is 2.32. The molecule has 9 nitrogen and oxygen atoms in total. The largest absolute Gasteiger partial charge is 0.489 e. The summed E-state index contributed by atoms with van der Waals surface area (Å²) in [5, 5.41) is 10.6. The highest BCUT2D eigenvalue weighted by Crippen LogP contribution is 2.29. The van der Waals surface area contributed by atoms with Crippen LogP contribution in [0.3, 0.4) is 0 Å². The van der Waals surface area contributed by atoms with Gasteiger partial charge in [-0.2, -0.15) is 0 Å². The molecule has 5 rings (SSSR count). The van der Waals surface area contributed by atoms with E-state index in [9.17, 15) is 14.0 Å². The Labute approximate surface area is 235 Å². The topological polar surface area (TPSA) is 114 Å². The summed E-state index contributed by atoms with van der Waals surface area (Å²) in [5.41, 5.74) is 7.30. The van der Waals surface area contributed by atoms with Crippen molar-refractivity contribution in [3.05, 3.63) is 75.1 Å². The smallest absolute Gasteiger partial charge is 0.276 e. The first-order valence-electron chi connectivity index (χ1n) is 12.6. The Morgan fingerprint density at radius 3 is 2.46 bits per heavy atom. The minimum absolute atomic E-state index is 0.0104. The van der Waals surface area contributed by atoms with Crippen LogP contribution < -0.4 is 15.8 Å². The van der Waals surface area contributed by atoms with Gasteiger partial charge in [0, 0.05) is 61.0 Å². The molecule has 0 spiro atoms. The lowest BCUT2D eigenvalue weighted by Gasteiger charge is -2.34. The van der Waals surface area contributed by atoms with Crippen molar-refractivity contribution in [3.8, 4) is 5.75 Å². The molecule has 1 saturated carbocycles. The Balaban J connectivity index is 1.16. The number of nitrogen functional groups attached to an aromatic ring is 1. The average Bonchev–Trinajstić information content (AvgIpc) is 3.79. The second-order valence-electron chi connectivity index (χ2n) is 9.49. The van der Waals surface area contributed by atoms with Gasteiger partial charge < -0.3 is 20.7 Å². The van der Waals surface area contributed by atoms with Crippen LogP contribution in [0.2, 0.25) is 10.0 Å². The lowest BCUT2D eigenvalue weighted by molar-refractivity contribution is 0.0627. The number of amides is 2. The van der Waals surface area contributed by atoms with E-state index in [2.05, 4.69) is 20.4 Å². The second-order valence-corrected chi connectivity index (χ2v) is 10.3. The number of piperazine rings is 1. The van der Waals surface area contributed by atoms with Crippen molar-refractivity contribution in [2.75, 3.05) is 43.8 Å². The van der Waals surface area contributed by atoms with Gasteiger partial charge in [0.05, 0.1) is 11.6 Å². The minimum Gasteiger partial charge on any atom is -0.489 e.